The van der Waals surface area contributed by atoms with Crippen LogP contribution in [0.2, 0.25) is 5.02 Å². The minimum absolute atomic E-state index is 0.151. The topological polar surface area (TPSA) is 85.1 Å². The monoisotopic (exact) mass is 295 g/mol. The molecule has 20 heavy (non-hydrogen) atoms. The summed E-state index contributed by atoms with van der Waals surface area (Å²) in [5.74, 6) is -1.42. The van der Waals surface area contributed by atoms with Crippen LogP contribution >= 0.6 is 11.6 Å². The van der Waals surface area contributed by atoms with E-state index in [0.717, 1.165) is 18.2 Å². The summed E-state index contributed by atoms with van der Waals surface area (Å²) in [6.45, 7) is 0. The van der Waals surface area contributed by atoms with Crippen LogP contribution < -0.4 is 5.32 Å². The molecule has 0 saturated heterocycles. The van der Waals surface area contributed by atoms with Gasteiger partial charge in [0, 0.05) is 12.3 Å². The Kier molecular flexibility index (Phi) is 3.90. The molecular weight excluding hydrogens is 289 g/mol. The number of hydrogen-bond donors (Lipinski definition) is 1. The average molecular weight is 296 g/mol. The Hall–Kier alpha value is -2.54. The van der Waals surface area contributed by atoms with E-state index >= 15 is 0 Å². The van der Waals surface area contributed by atoms with Gasteiger partial charge in [-0.3, -0.25) is 14.9 Å². The van der Waals surface area contributed by atoms with Crippen molar-refractivity contribution in [2.24, 2.45) is 0 Å². The van der Waals surface area contributed by atoms with Crippen LogP contribution in [-0.2, 0) is 0 Å². The van der Waals surface area contributed by atoms with Crippen molar-refractivity contribution in [2.75, 3.05) is 5.32 Å². The van der Waals surface area contributed by atoms with Crippen LogP contribution in [0.25, 0.3) is 0 Å². The van der Waals surface area contributed by atoms with Crippen LogP contribution in [0.4, 0.5) is 15.9 Å². The van der Waals surface area contributed by atoms with Gasteiger partial charge in [0.05, 0.1) is 9.95 Å². The summed E-state index contributed by atoms with van der Waals surface area (Å²) in [5, 5.41) is 13.5. The van der Waals surface area contributed by atoms with Crippen LogP contribution in [0.15, 0.2) is 36.5 Å². The van der Waals surface area contributed by atoms with E-state index in [9.17, 15) is 19.3 Å². The largest absolute Gasteiger partial charge is 0.306 e. The number of anilines is 1. The van der Waals surface area contributed by atoms with Crippen molar-refractivity contribution in [1.82, 2.24) is 4.98 Å². The van der Waals surface area contributed by atoms with E-state index in [1.165, 1.54) is 18.3 Å². The molecule has 8 heteroatoms. The maximum absolute atomic E-state index is 13.1. The summed E-state index contributed by atoms with van der Waals surface area (Å²) in [4.78, 5) is 25.8. The van der Waals surface area contributed by atoms with Crippen molar-refractivity contribution < 1.29 is 14.1 Å². The number of hydrogen-bond acceptors (Lipinski definition) is 4. The first-order chi connectivity index (χ1) is 9.47. The number of aromatic nitrogens is 1. The van der Waals surface area contributed by atoms with E-state index in [1.54, 1.807) is 0 Å². The Morgan fingerprint density at radius 3 is 2.70 bits per heavy atom. The fourth-order valence-corrected chi connectivity index (χ4v) is 1.59. The van der Waals surface area contributed by atoms with Crippen LogP contribution in [0, 0.1) is 15.9 Å². The Balaban J connectivity index is 2.31. The van der Waals surface area contributed by atoms with Crippen molar-refractivity contribution >= 4 is 29.0 Å². The molecule has 1 N–H and O–H groups in total. The zero-order valence-corrected chi connectivity index (χ0v) is 10.6. The van der Waals surface area contributed by atoms with Gasteiger partial charge in [0.25, 0.3) is 11.6 Å². The molecule has 0 radical (unpaired) electrons. The lowest BCUT2D eigenvalue weighted by Gasteiger charge is -2.05. The smallest absolute Gasteiger partial charge is 0.282 e. The first-order valence-electron chi connectivity index (χ1n) is 5.34. The Labute approximate surface area is 117 Å². The van der Waals surface area contributed by atoms with E-state index < -0.39 is 22.3 Å². The van der Waals surface area contributed by atoms with Gasteiger partial charge in [0.1, 0.15) is 17.2 Å². The molecule has 0 atom stereocenters. The molecule has 1 aromatic carbocycles. The summed E-state index contributed by atoms with van der Waals surface area (Å²) >= 11 is 5.64. The molecular formula is C12H7ClFN3O3. The molecule has 0 aliphatic carbocycles. The van der Waals surface area contributed by atoms with E-state index in [4.69, 9.17) is 11.6 Å². The van der Waals surface area contributed by atoms with Crippen molar-refractivity contribution in [3.63, 3.8) is 0 Å². The lowest BCUT2D eigenvalue weighted by Crippen LogP contribution is -2.15. The van der Waals surface area contributed by atoms with Gasteiger partial charge < -0.3 is 5.32 Å². The number of carbonyl (C=O) groups excluding carboxylic acids is 1. The van der Waals surface area contributed by atoms with Crippen LogP contribution in [0.3, 0.4) is 0 Å². The Bertz CT molecular complexity index is 676. The van der Waals surface area contributed by atoms with Gasteiger partial charge in [-0.1, -0.05) is 11.6 Å². The van der Waals surface area contributed by atoms with Gasteiger partial charge in [-0.2, -0.15) is 0 Å². The molecule has 0 fully saturated rings. The summed E-state index contributed by atoms with van der Waals surface area (Å²) in [6.07, 6.45) is 1.30. The fourth-order valence-electron chi connectivity index (χ4n) is 1.48. The SMILES string of the molecule is O=C(Nc1ccc(Cl)cn1)c1cc(F)ccc1[N+](=O)[O-]. The quantitative estimate of drug-likeness (QED) is 0.696. The van der Waals surface area contributed by atoms with E-state index in [0.29, 0.717) is 5.02 Å². The van der Waals surface area contributed by atoms with Crippen molar-refractivity contribution in [3.05, 3.63) is 63.0 Å². The summed E-state index contributed by atoms with van der Waals surface area (Å²) in [5.41, 5.74) is -0.871. The lowest BCUT2D eigenvalue weighted by molar-refractivity contribution is -0.385. The molecule has 0 spiro atoms. The highest BCUT2D eigenvalue weighted by atomic mass is 35.5. The fraction of sp³-hybridized carbons (Fsp3) is 0. The molecule has 0 unspecified atom stereocenters. The van der Waals surface area contributed by atoms with Gasteiger partial charge in [0.2, 0.25) is 0 Å². The van der Waals surface area contributed by atoms with Gasteiger partial charge in [-0.25, -0.2) is 9.37 Å². The van der Waals surface area contributed by atoms with E-state index in [-0.39, 0.29) is 11.4 Å². The van der Waals surface area contributed by atoms with Gasteiger partial charge >= 0.3 is 0 Å². The van der Waals surface area contributed by atoms with Crippen molar-refractivity contribution in [3.8, 4) is 0 Å². The first kappa shape index (κ1) is 13.9. The maximum Gasteiger partial charge on any atom is 0.282 e. The molecule has 1 amide bonds. The summed E-state index contributed by atoms with van der Waals surface area (Å²) in [7, 11) is 0. The summed E-state index contributed by atoms with van der Waals surface area (Å²) in [6, 6.07) is 5.55. The van der Waals surface area contributed by atoms with Crippen molar-refractivity contribution in [2.45, 2.75) is 0 Å². The number of amides is 1. The number of nitro benzene ring substituents is 1. The van der Waals surface area contributed by atoms with Crippen LogP contribution in [0.5, 0.6) is 0 Å². The van der Waals surface area contributed by atoms with Crippen LogP contribution in [-0.4, -0.2) is 15.8 Å². The highest BCUT2D eigenvalue weighted by molar-refractivity contribution is 6.30. The molecule has 0 aliphatic heterocycles. The standard InChI is InChI=1S/C12H7ClFN3O3/c13-7-1-4-11(15-6-7)16-12(18)9-5-8(14)2-3-10(9)17(19)20/h1-6H,(H,15,16,18). The average Bonchev–Trinajstić information content (AvgIpc) is 2.41. The number of halogens is 2. The Morgan fingerprint density at radius 1 is 1.35 bits per heavy atom. The number of pyridine rings is 1. The van der Waals surface area contributed by atoms with E-state index in [2.05, 4.69) is 10.3 Å². The zero-order chi connectivity index (χ0) is 14.7. The van der Waals surface area contributed by atoms with E-state index in [1.807, 2.05) is 0 Å². The molecule has 2 aromatic rings. The molecule has 0 aliphatic rings. The minimum Gasteiger partial charge on any atom is -0.306 e. The number of nitro groups is 1. The number of benzene rings is 1. The molecule has 2 rings (SSSR count). The number of rotatable bonds is 3. The normalized spacial score (nSPS) is 10.1. The van der Waals surface area contributed by atoms with Gasteiger partial charge in [-0.05, 0) is 24.3 Å². The second-order valence-electron chi connectivity index (χ2n) is 3.73. The predicted molar refractivity (Wildman–Crippen MR) is 70.3 cm³/mol. The molecule has 6 nitrogen and oxygen atoms in total. The van der Waals surface area contributed by atoms with Gasteiger partial charge in [0.15, 0.2) is 0 Å². The third kappa shape index (κ3) is 3.07. The molecule has 0 saturated carbocycles. The van der Waals surface area contributed by atoms with Gasteiger partial charge in [-0.15, -0.1) is 0 Å². The minimum atomic E-state index is -0.828. The predicted octanol–water partition coefficient (Wildman–Crippen LogP) is 3.03. The second-order valence-corrected chi connectivity index (χ2v) is 4.17. The lowest BCUT2D eigenvalue weighted by atomic mass is 10.1. The third-order valence-corrected chi connectivity index (χ3v) is 2.59. The van der Waals surface area contributed by atoms with Crippen molar-refractivity contribution in [1.29, 1.82) is 0 Å². The number of nitrogens with zero attached hydrogens (tertiary/aromatic N) is 2. The molecule has 1 aromatic heterocycles. The first-order valence-corrected chi connectivity index (χ1v) is 5.72. The van der Waals surface area contributed by atoms with Crippen LogP contribution in [0.1, 0.15) is 10.4 Å². The summed E-state index contributed by atoms with van der Waals surface area (Å²) < 4.78 is 13.1. The molecule has 0 bridgehead atoms. The molecule has 102 valence electrons. The third-order valence-electron chi connectivity index (χ3n) is 2.37. The highest BCUT2D eigenvalue weighted by Gasteiger charge is 2.21. The maximum atomic E-state index is 13.1. The number of carbonyl (C=O) groups is 1. The second kappa shape index (κ2) is 5.62. The Morgan fingerprint density at radius 2 is 2.10 bits per heavy atom. The number of nitrogens with one attached hydrogen (secondary N) is 1. The highest BCUT2D eigenvalue weighted by Crippen LogP contribution is 2.21. The zero-order valence-electron chi connectivity index (χ0n) is 9.84. The molecule has 1 heterocycles.